The Morgan fingerprint density at radius 1 is 1.03 bits per heavy atom. The van der Waals surface area contributed by atoms with Gasteiger partial charge in [0.25, 0.3) is 0 Å². The molecular weight excluding hydrogens is 394 g/mol. The summed E-state index contributed by atoms with van der Waals surface area (Å²) in [6.45, 7) is 6.35. The number of nitrogens with zero attached hydrogens (tertiary/aromatic N) is 3. The van der Waals surface area contributed by atoms with E-state index in [9.17, 15) is 13.6 Å². The van der Waals surface area contributed by atoms with Gasteiger partial charge >= 0.3 is 0 Å². The van der Waals surface area contributed by atoms with E-state index in [1.807, 2.05) is 18.4 Å². The minimum atomic E-state index is -0.557. The van der Waals surface area contributed by atoms with E-state index in [0.717, 1.165) is 0 Å². The van der Waals surface area contributed by atoms with Gasteiger partial charge in [-0.05, 0) is 37.1 Å². The fourth-order valence-corrected chi connectivity index (χ4v) is 3.61. The zero-order valence-electron chi connectivity index (χ0n) is 16.4. The molecule has 1 amide bonds. The molecule has 0 spiro atoms. The molecule has 0 aliphatic heterocycles. The van der Waals surface area contributed by atoms with Crippen LogP contribution in [0, 0.1) is 17.6 Å². The highest BCUT2D eigenvalue weighted by Gasteiger charge is 2.23. The summed E-state index contributed by atoms with van der Waals surface area (Å²) in [6, 6.07) is 12.4. The maximum atomic E-state index is 14.3. The smallest absolute Gasteiger partial charge is 0.237 e. The molecule has 3 rings (SSSR count). The van der Waals surface area contributed by atoms with Crippen molar-refractivity contribution >= 4 is 23.4 Å². The molecule has 5 nitrogen and oxygen atoms in total. The van der Waals surface area contributed by atoms with Gasteiger partial charge in [-0.2, -0.15) is 0 Å². The van der Waals surface area contributed by atoms with Gasteiger partial charge in [-0.3, -0.25) is 4.79 Å². The van der Waals surface area contributed by atoms with E-state index in [-0.39, 0.29) is 23.3 Å². The molecule has 0 aliphatic rings. The van der Waals surface area contributed by atoms with E-state index in [2.05, 4.69) is 15.5 Å². The molecule has 3 aromatic rings. The summed E-state index contributed by atoms with van der Waals surface area (Å²) in [5, 5.41) is 10.9. The van der Waals surface area contributed by atoms with Gasteiger partial charge in [-0.25, -0.2) is 8.78 Å². The van der Waals surface area contributed by atoms with Crippen molar-refractivity contribution in [2.75, 3.05) is 5.32 Å². The highest BCUT2D eigenvalue weighted by atomic mass is 32.2. The maximum absolute atomic E-state index is 14.3. The van der Waals surface area contributed by atoms with Crippen LogP contribution in [0.3, 0.4) is 0 Å². The van der Waals surface area contributed by atoms with Crippen molar-refractivity contribution in [2.24, 2.45) is 5.92 Å². The minimum Gasteiger partial charge on any atom is -0.323 e. The molecule has 0 fully saturated rings. The number of amides is 1. The first-order valence-corrected chi connectivity index (χ1v) is 10.1. The van der Waals surface area contributed by atoms with Gasteiger partial charge in [-0.1, -0.05) is 49.9 Å². The molecule has 1 N–H and O–H groups in total. The Morgan fingerprint density at radius 3 is 2.34 bits per heavy atom. The number of carbonyl (C=O) groups is 1. The summed E-state index contributed by atoms with van der Waals surface area (Å²) in [5.41, 5.74) is 0.483. The monoisotopic (exact) mass is 416 g/mol. The van der Waals surface area contributed by atoms with Crippen molar-refractivity contribution < 1.29 is 13.6 Å². The lowest BCUT2D eigenvalue weighted by Crippen LogP contribution is -2.23. The van der Waals surface area contributed by atoms with Crippen molar-refractivity contribution in [1.82, 2.24) is 14.8 Å². The normalized spacial score (nSPS) is 12.2. The summed E-state index contributed by atoms with van der Waals surface area (Å²) in [6.07, 6.45) is 0. The van der Waals surface area contributed by atoms with Crippen molar-refractivity contribution in [3.63, 3.8) is 0 Å². The van der Waals surface area contributed by atoms with Gasteiger partial charge in [0.1, 0.15) is 11.6 Å². The fourth-order valence-electron chi connectivity index (χ4n) is 2.76. The molecule has 8 heteroatoms. The third-order valence-corrected chi connectivity index (χ3v) is 5.24. The Hall–Kier alpha value is -2.74. The molecule has 1 aromatic heterocycles. The lowest BCUT2D eigenvalue weighted by molar-refractivity contribution is -0.115. The van der Waals surface area contributed by atoms with Gasteiger partial charge in [0.2, 0.25) is 5.91 Å². The van der Waals surface area contributed by atoms with Gasteiger partial charge in [0.05, 0.1) is 16.5 Å². The number of anilines is 1. The van der Waals surface area contributed by atoms with Crippen molar-refractivity contribution in [1.29, 1.82) is 0 Å². The molecule has 2 aromatic carbocycles. The number of benzene rings is 2. The standard InChI is InChI=1S/C21H22F2N4OS/c1-13(2)12-27-19(15-8-4-5-9-16(15)22)25-26-21(27)29-14(3)20(28)24-18-11-7-6-10-17(18)23/h4-11,13-14H,12H2,1-3H3,(H,24,28). The maximum Gasteiger partial charge on any atom is 0.237 e. The predicted molar refractivity (Wildman–Crippen MR) is 111 cm³/mol. The second-order valence-electron chi connectivity index (χ2n) is 7.02. The van der Waals surface area contributed by atoms with Crippen molar-refractivity contribution in [2.45, 2.75) is 37.7 Å². The molecule has 0 saturated heterocycles. The van der Waals surface area contributed by atoms with Gasteiger partial charge in [0.15, 0.2) is 11.0 Å². The van der Waals surface area contributed by atoms with Crippen LogP contribution in [-0.2, 0) is 11.3 Å². The zero-order chi connectivity index (χ0) is 21.0. The molecule has 29 heavy (non-hydrogen) atoms. The third-order valence-electron chi connectivity index (χ3n) is 4.16. The van der Waals surface area contributed by atoms with E-state index >= 15 is 0 Å². The summed E-state index contributed by atoms with van der Waals surface area (Å²) in [7, 11) is 0. The van der Waals surface area contributed by atoms with Crippen LogP contribution >= 0.6 is 11.8 Å². The Balaban J connectivity index is 1.84. The highest BCUT2D eigenvalue weighted by Crippen LogP contribution is 2.29. The summed E-state index contributed by atoms with van der Waals surface area (Å²) < 4.78 is 29.9. The predicted octanol–water partition coefficient (Wildman–Crippen LogP) is 5.00. The molecule has 1 unspecified atom stereocenters. The van der Waals surface area contributed by atoms with Crippen LogP contribution < -0.4 is 5.32 Å². The number of thioether (sulfide) groups is 1. The number of aromatic nitrogens is 3. The molecule has 152 valence electrons. The lowest BCUT2D eigenvalue weighted by atomic mass is 10.2. The van der Waals surface area contributed by atoms with Gasteiger partial charge < -0.3 is 9.88 Å². The average Bonchev–Trinajstić information content (AvgIpc) is 3.05. The second kappa shape index (κ2) is 9.17. The first kappa shape index (κ1) is 21.0. The van der Waals surface area contributed by atoms with Crippen LogP contribution in [-0.4, -0.2) is 25.9 Å². The SMILES string of the molecule is CC(C)Cn1c(SC(C)C(=O)Nc2ccccc2F)nnc1-c1ccccc1F. The van der Waals surface area contributed by atoms with E-state index in [1.165, 1.54) is 30.0 Å². The molecule has 0 bridgehead atoms. The topological polar surface area (TPSA) is 59.8 Å². The first-order chi connectivity index (χ1) is 13.9. The first-order valence-electron chi connectivity index (χ1n) is 9.27. The number of halogens is 2. The largest absolute Gasteiger partial charge is 0.323 e. The van der Waals surface area contributed by atoms with E-state index in [1.54, 1.807) is 37.3 Å². The summed E-state index contributed by atoms with van der Waals surface area (Å²) in [5.74, 6) is -0.555. The van der Waals surface area contributed by atoms with Crippen LogP contribution in [0.1, 0.15) is 20.8 Å². The lowest BCUT2D eigenvalue weighted by Gasteiger charge is -2.15. The van der Waals surface area contributed by atoms with Crippen LogP contribution in [0.25, 0.3) is 11.4 Å². The second-order valence-corrected chi connectivity index (χ2v) is 8.33. The number of hydrogen-bond donors (Lipinski definition) is 1. The van der Waals surface area contributed by atoms with Crippen LogP contribution in [0.2, 0.25) is 0 Å². The quantitative estimate of drug-likeness (QED) is 0.551. The molecule has 1 heterocycles. The molecular formula is C21H22F2N4OS. The Kier molecular flexibility index (Phi) is 6.64. The molecule has 0 saturated carbocycles. The number of nitrogens with one attached hydrogen (secondary N) is 1. The van der Waals surface area contributed by atoms with E-state index in [4.69, 9.17) is 0 Å². The molecule has 0 aliphatic carbocycles. The Bertz CT molecular complexity index is 1010. The third kappa shape index (κ3) is 5.00. The summed E-state index contributed by atoms with van der Waals surface area (Å²) in [4.78, 5) is 12.5. The number of rotatable bonds is 7. The van der Waals surface area contributed by atoms with Crippen LogP contribution in [0.5, 0.6) is 0 Å². The number of hydrogen-bond acceptors (Lipinski definition) is 4. The average molecular weight is 416 g/mol. The highest BCUT2D eigenvalue weighted by molar-refractivity contribution is 8.00. The van der Waals surface area contributed by atoms with Crippen molar-refractivity contribution in [3.05, 3.63) is 60.2 Å². The van der Waals surface area contributed by atoms with E-state index in [0.29, 0.717) is 23.1 Å². The Labute approximate surface area is 172 Å². The van der Waals surface area contributed by atoms with Crippen molar-refractivity contribution in [3.8, 4) is 11.4 Å². The van der Waals surface area contributed by atoms with Crippen LogP contribution in [0.4, 0.5) is 14.5 Å². The fraction of sp³-hybridized carbons (Fsp3) is 0.286. The number of carbonyl (C=O) groups excluding carboxylic acids is 1. The molecule has 1 atom stereocenters. The van der Waals surface area contributed by atoms with Gasteiger partial charge in [0, 0.05) is 6.54 Å². The number of para-hydroxylation sites is 1. The van der Waals surface area contributed by atoms with Crippen LogP contribution in [0.15, 0.2) is 53.7 Å². The summed E-state index contributed by atoms with van der Waals surface area (Å²) >= 11 is 1.20. The zero-order valence-corrected chi connectivity index (χ0v) is 17.2. The Morgan fingerprint density at radius 2 is 1.69 bits per heavy atom. The minimum absolute atomic E-state index is 0.126. The van der Waals surface area contributed by atoms with Gasteiger partial charge in [-0.15, -0.1) is 10.2 Å². The molecule has 0 radical (unpaired) electrons. The van der Waals surface area contributed by atoms with E-state index < -0.39 is 11.1 Å².